The lowest BCUT2D eigenvalue weighted by Crippen LogP contribution is -2.45. The summed E-state index contributed by atoms with van der Waals surface area (Å²) in [5, 5.41) is 3.36. The first kappa shape index (κ1) is 15.5. The predicted octanol–water partition coefficient (Wildman–Crippen LogP) is 2.79. The van der Waals surface area contributed by atoms with Crippen LogP contribution in [0.25, 0.3) is 0 Å². The Labute approximate surface area is 131 Å². The van der Waals surface area contributed by atoms with Gasteiger partial charge in [0, 0.05) is 17.1 Å². The van der Waals surface area contributed by atoms with Crippen molar-refractivity contribution in [3.63, 3.8) is 0 Å². The van der Waals surface area contributed by atoms with Crippen LogP contribution in [-0.4, -0.2) is 27.5 Å². The Balaban J connectivity index is 2.29. The van der Waals surface area contributed by atoms with E-state index in [1.165, 1.54) is 12.1 Å². The zero-order valence-corrected chi connectivity index (χ0v) is 13.8. The van der Waals surface area contributed by atoms with Crippen LogP contribution in [0.1, 0.15) is 12.8 Å². The zero-order chi connectivity index (χ0) is 14.0. The molecule has 0 spiro atoms. The van der Waals surface area contributed by atoms with Crippen molar-refractivity contribution in [3.8, 4) is 0 Å². The molecule has 1 unspecified atom stereocenters. The van der Waals surface area contributed by atoms with Gasteiger partial charge in [0.1, 0.15) is 4.90 Å². The highest BCUT2D eigenvalue weighted by molar-refractivity contribution is 9.10. The predicted molar refractivity (Wildman–Crippen MR) is 80.4 cm³/mol. The van der Waals surface area contributed by atoms with Crippen molar-refractivity contribution in [2.45, 2.75) is 23.8 Å². The van der Waals surface area contributed by atoms with Gasteiger partial charge in [0.15, 0.2) is 0 Å². The highest BCUT2D eigenvalue weighted by Gasteiger charge is 2.26. The molecule has 106 valence electrons. The Hall–Kier alpha value is 0.150. The molecule has 1 aliphatic heterocycles. The number of sulfonamides is 1. The number of hydrogen-bond acceptors (Lipinski definition) is 3. The van der Waals surface area contributed by atoms with Gasteiger partial charge >= 0.3 is 0 Å². The number of benzene rings is 1. The number of rotatable bonds is 3. The SMILES string of the molecule is O=S(=O)(NC1CCCNC1)c1c(Cl)cc(Br)cc1Cl. The maximum absolute atomic E-state index is 12.3. The fourth-order valence-corrected chi connectivity index (χ4v) is 5.22. The third-order valence-corrected chi connectivity index (χ3v) is 5.75. The topological polar surface area (TPSA) is 58.2 Å². The Morgan fingerprint density at radius 1 is 1.32 bits per heavy atom. The molecule has 1 fully saturated rings. The third kappa shape index (κ3) is 3.83. The van der Waals surface area contributed by atoms with Crippen molar-refractivity contribution in [2.75, 3.05) is 13.1 Å². The van der Waals surface area contributed by atoms with Gasteiger partial charge in [-0.15, -0.1) is 0 Å². The van der Waals surface area contributed by atoms with Crippen LogP contribution >= 0.6 is 39.1 Å². The van der Waals surface area contributed by atoms with Crippen LogP contribution in [0.3, 0.4) is 0 Å². The molecule has 1 aromatic carbocycles. The van der Waals surface area contributed by atoms with Crippen molar-refractivity contribution in [1.29, 1.82) is 0 Å². The maximum Gasteiger partial charge on any atom is 0.243 e. The van der Waals surface area contributed by atoms with Gasteiger partial charge in [0.25, 0.3) is 0 Å². The minimum atomic E-state index is -3.71. The van der Waals surface area contributed by atoms with E-state index in [9.17, 15) is 8.42 Å². The highest BCUT2D eigenvalue weighted by Crippen LogP contribution is 2.32. The molecule has 2 rings (SSSR count). The van der Waals surface area contributed by atoms with E-state index in [0.29, 0.717) is 11.0 Å². The molecule has 0 aliphatic carbocycles. The average molecular weight is 388 g/mol. The molecule has 0 aromatic heterocycles. The van der Waals surface area contributed by atoms with Crippen LogP contribution in [0.15, 0.2) is 21.5 Å². The molecule has 8 heteroatoms. The molecule has 0 amide bonds. The Morgan fingerprint density at radius 2 is 1.95 bits per heavy atom. The number of piperidine rings is 1. The third-order valence-electron chi connectivity index (χ3n) is 2.85. The van der Waals surface area contributed by atoms with Gasteiger partial charge in [-0.1, -0.05) is 39.1 Å². The molecule has 0 saturated carbocycles. The summed E-state index contributed by atoms with van der Waals surface area (Å²) in [7, 11) is -3.71. The van der Waals surface area contributed by atoms with Crippen LogP contribution in [0.5, 0.6) is 0 Å². The van der Waals surface area contributed by atoms with Gasteiger partial charge in [-0.25, -0.2) is 13.1 Å². The molecule has 1 atom stereocenters. The summed E-state index contributed by atoms with van der Waals surface area (Å²) in [5.41, 5.74) is 0. The zero-order valence-electron chi connectivity index (χ0n) is 9.92. The number of nitrogens with one attached hydrogen (secondary N) is 2. The molecule has 0 radical (unpaired) electrons. The van der Waals surface area contributed by atoms with Crippen LogP contribution in [0.2, 0.25) is 10.0 Å². The second-order valence-electron chi connectivity index (χ2n) is 4.36. The molecule has 1 aromatic rings. The van der Waals surface area contributed by atoms with Gasteiger partial charge in [0.2, 0.25) is 10.0 Å². The van der Waals surface area contributed by atoms with Gasteiger partial charge in [-0.05, 0) is 31.5 Å². The van der Waals surface area contributed by atoms with Crippen molar-refractivity contribution >= 4 is 49.2 Å². The van der Waals surface area contributed by atoms with E-state index < -0.39 is 10.0 Å². The quantitative estimate of drug-likeness (QED) is 0.838. The normalized spacial score (nSPS) is 20.5. The van der Waals surface area contributed by atoms with Crippen molar-refractivity contribution < 1.29 is 8.42 Å². The summed E-state index contributed by atoms with van der Waals surface area (Å²) in [6.07, 6.45) is 1.74. The summed E-state index contributed by atoms with van der Waals surface area (Å²) in [4.78, 5) is -0.0652. The van der Waals surface area contributed by atoms with Crippen LogP contribution in [-0.2, 0) is 10.0 Å². The van der Waals surface area contributed by atoms with Gasteiger partial charge in [-0.2, -0.15) is 0 Å². The lowest BCUT2D eigenvalue weighted by Gasteiger charge is -2.24. The van der Waals surface area contributed by atoms with E-state index in [1.54, 1.807) is 0 Å². The largest absolute Gasteiger partial charge is 0.315 e. The van der Waals surface area contributed by atoms with Gasteiger partial charge < -0.3 is 5.32 Å². The minimum absolute atomic E-state index is 0.0652. The number of hydrogen-bond donors (Lipinski definition) is 2. The fourth-order valence-electron chi connectivity index (χ4n) is 2.02. The van der Waals surface area contributed by atoms with E-state index in [4.69, 9.17) is 23.2 Å². The van der Waals surface area contributed by atoms with E-state index in [-0.39, 0.29) is 21.0 Å². The maximum atomic E-state index is 12.3. The molecular formula is C11H13BrCl2N2O2S. The summed E-state index contributed by atoms with van der Waals surface area (Å²) in [6.45, 7) is 1.53. The van der Waals surface area contributed by atoms with E-state index in [1.807, 2.05) is 0 Å². The first-order valence-electron chi connectivity index (χ1n) is 5.78. The Bertz CT molecular complexity index is 551. The Kier molecular flexibility index (Phi) is 5.14. The summed E-state index contributed by atoms with van der Waals surface area (Å²) in [5.74, 6) is 0. The molecule has 2 N–H and O–H groups in total. The van der Waals surface area contributed by atoms with E-state index >= 15 is 0 Å². The molecule has 19 heavy (non-hydrogen) atoms. The van der Waals surface area contributed by atoms with Crippen LogP contribution in [0.4, 0.5) is 0 Å². The fraction of sp³-hybridized carbons (Fsp3) is 0.455. The average Bonchev–Trinajstić information content (AvgIpc) is 2.27. The smallest absolute Gasteiger partial charge is 0.243 e. The van der Waals surface area contributed by atoms with Gasteiger partial charge in [0.05, 0.1) is 10.0 Å². The van der Waals surface area contributed by atoms with Crippen LogP contribution < -0.4 is 10.0 Å². The summed E-state index contributed by atoms with van der Waals surface area (Å²) >= 11 is 15.2. The van der Waals surface area contributed by atoms with Crippen molar-refractivity contribution in [2.24, 2.45) is 0 Å². The first-order valence-corrected chi connectivity index (χ1v) is 8.81. The summed E-state index contributed by atoms with van der Waals surface area (Å²) in [6, 6.07) is 2.90. The number of halogens is 3. The summed E-state index contributed by atoms with van der Waals surface area (Å²) < 4.78 is 27.9. The first-order chi connectivity index (χ1) is 8.90. The lowest BCUT2D eigenvalue weighted by atomic mass is 10.1. The standard InChI is InChI=1S/C11H13BrCl2N2O2S/c12-7-4-9(13)11(10(14)5-7)19(17,18)16-8-2-1-3-15-6-8/h4-5,8,15-16H,1-3,6H2. The second kappa shape index (κ2) is 6.28. The van der Waals surface area contributed by atoms with Crippen molar-refractivity contribution in [3.05, 3.63) is 26.7 Å². The monoisotopic (exact) mass is 386 g/mol. The van der Waals surface area contributed by atoms with Gasteiger partial charge in [-0.3, -0.25) is 0 Å². The van der Waals surface area contributed by atoms with E-state index in [0.717, 1.165) is 19.4 Å². The van der Waals surface area contributed by atoms with E-state index in [2.05, 4.69) is 26.0 Å². The molecular weight excluding hydrogens is 375 g/mol. The highest BCUT2D eigenvalue weighted by atomic mass is 79.9. The second-order valence-corrected chi connectivity index (χ2v) is 7.74. The lowest BCUT2D eigenvalue weighted by molar-refractivity contribution is 0.428. The molecule has 4 nitrogen and oxygen atoms in total. The van der Waals surface area contributed by atoms with Crippen molar-refractivity contribution in [1.82, 2.24) is 10.0 Å². The Morgan fingerprint density at radius 3 is 2.47 bits per heavy atom. The van der Waals surface area contributed by atoms with Crippen LogP contribution in [0, 0.1) is 0 Å². The molecule has 1 aliphatic rings. The molecule has 0 bridgehead atoms. The minimum Gasteiger partial charge on any atom is -0.315 e. The molecule has 1 heterocycles. The molecule has 1 saturated heterocycles.